The molecule has 0 saturated carbocycles. The molecule has 1 unspecified atom stereocenters. The van der Waals surface area contributed by atoms with Crippen LogP contribution in [0, 0.1) is 0 Å². The number of hydrogen-bond acceptors (Lipinski definition) is 3. The van der Waals surface area contributed by atoms with E-state index in [4.69, 9.17) is 27.9 Å². The highest BCUT2D eigenvalue weighted by molar-refractivity contribution is 6.39. The summed E-state index contributed by atoms with van der Waals surface area (Å²) in [7, 11) is 1.60. The SMILES string of the molecule is COc1ccc(C(O)CNc2c(Cl)cccc2Cl)cc1. The first-order valence-corrected chi connectivity index (χ1v) is 6.87. The van der Waals surface area contributed by atoms with Crippen LogP contribution in [-0.4, -0.2) is 18.8 Å². The quantitative estimate of drug-likeness (QED) is 0.871. The monoisotopic (exact) mass is 311 g/mol. The third-order valence-electron chi connectivity index (χ3n) is 2.94. The molecule has 0 spiro atoms. The van der Waals surface area contributed by atoms with Crippen molar-refractivity contribution in [2.75, 3.05) is 19.0 Å². The van der Waals surface area contributed by atoms with E-state index in [2.05, 4.69) is 5.32 Å². The minimum Gasteiger partial charge on any atom is -0.497 e. The van der Waals surface area contributed by atoms with Crippen LogP contribution in [0.5, 0.6) is 5.75 Å². The van der Waals surface area contributed by atoms with Crippen molar-refractivity contribution in [3.05, 3.63) is 58.1 Å². The minimum atomic E-state index is -0.659. The Hall–Kier alpha value is -1.42. The number of methoxy groups -OCH3 is 1. The zero-order chi connectivity index (χ0) is 14.5. The molecule has 0 aromatic heterocycles. The number of aliphatic hydroxyl groups is 1. The van der Waals surface area contributed by atoms with Crippen molar-refractivity contribution in [2.45, 2.75) is 6.10 Å². The van der Waals surface area contributed by atoms with Gasteiger partial charge in [-0.2, -0.15) is 0 Å². The molecule has 0 heterocycles. The van der Waals surface area contributed by atoms with Crippen LogP contribution in [-0.2, 0) is 0 Å². The Morgan fingerprint density at radius 3 is 2.25 bits per heavy atom. The molecule has 20 heavy (non-hydrogen) atoms. The van der Waals surface area contributed by atoms with E-state index >= 15 is 0 Å². The third kappa shape index (κ3) is 3.57. The molecule has 5 heteroatoms. The molecular formula is C15H15Cl2NO2. The molecule has 0 aliphatic carbocycles. The Morgan fingerprint density at radius 1 is 1.10 bits per heavy atom. The van der Waals surface area contributed by atoms with Crippen molar-refractivity contribution in [1.29, 1.82) is 0 Å². The number of rotatable bonds is 5. The summed E-state index contributed by atoms with van der Waals surface area (Å²) in [6.07, 6.45) is -0.659. The first-order chi connectivity index (χ1) is 9.61. The van der Waals surface area contributed by atoms with E-state index in [1.807, 2.05) is 12.1 Å². The number of para-hydroxylation sites is 1. The maximum absolute atomic E-state index is 10.1. The summed E-state index contributed by atoms with van der Waals surface area (Å²) in [6.45, 7) is 0.315. The van der Waals surface area contributed by atoms with Crippen molar-refractivity contribution >= 4 is 28.9 Å². The highest BCUT2D eigenvalue weighted by Gasteiger charge is 2.10. The summed E-state index contributed by atoms with van der Waals surface area (Å²) in [5.74, 6) is 0.753. The van der Waals surface area contributed by atoms with Gasteiger partial charge in [0.25, 0.3) is 0 Å². The number of hydrogen-bond donors (Lipinski definition) is 2. The van der Waals surface area contributed by atoms with Gasteiger partial charge in [0.1, 0.15) is 5.75 Å². The summed E-state index contributed by atoms with van der Waals surface area (Å²) in [5.41, 5.74) is 1.42. The van der Waals surface area contributed by atoms with Gasteiger partial charge in [0.05, 0.1) is 28.9 Å². The number of anilines is 1. The molecule has 0 radical (unpaired) electrons. The van der Waals surface area contributed by atoms with Crippen molar-refractivity contribution in [3.63, 3.8) is 0 Å². The van der Waals surface area contributed by atoms with Crippen LogP contribution >= 0.6 is 23.2 Å². The van der Waals surface area contributed by atoms with Gasteiger partial charge in [-0.25, -0.2) is 0 Å². The molecule has 0 aliphatic heterocycles. The normalized spacial score (nSPS) is 12.0. The maximum Gasteiger partial charge on any atom is 0.118 e. The summed E-state index contributed by atoms with van der Waals surface area (Å²) < 4.78 is 5.08. The molecule has 1 atom stereocenters. The van der Waals surface area contributed by atoms with Gasteiger partial charge in [0.15, 0.2) is 0 Å². The lowest BCUT2D eigenvalue weighted by atomic mass is 10.1. The molecule has 0 saturated heterocycles. The largest absolute Gasteiger partial charge is 0.497 e. The Bertz CT molecular complexity index is 552. The molecule has 0 aliphatic rings. The van der Waals surface area contributed by atoms with E-state index in [1.54, 1.807) is 37.4 Å². The van der Waals surface area contributed by atoms with Gasteiger partial charge in [-0.05, 0) is 29.8 Å². The van der Waals surface area contributed by atoms with Crippen LogP contribution in [0.4, 0.5) is 5.69 Å². The number of aliphatic hydroxyl groups excluding tert-OH is 1. The number of halogens is 2. The second-order valence-corrected chi connectivity index (χ2v) is 5.08. The zero-order valence-corrected chi connectivity index (χ0v) is 12.4. The molecule has 0 amide bonds. The van der Waals surface area contributed by atoms with Crippen LogP contribution in [0.25, 0.3) is 0 Å². The summed E-state index contributed by atoms with van der Waals surface area (Å²) in [5, 5.41) is 14.3. The molecule has 2 aromatic rings. The van der Waals surface area contributed by atoms with Gasteiger partial charge in [-0.3, -0.25) is 0 Å². The average Bonchev–Trinajstić information content (AvgIpc) is 2.46. The van der Waals surface area contributed by atoms with Crippen molar-refractivity contribution in [2.24, 2.45) is 0 Å². The third-order valence-corrected chi connectivity index (χ3v) is 3.57. The lowest BCUT2D eigenvalue weighted by Crippen LogP contribution is -2.12. The van der Waals surface area contributed by atoms with Gasteiger partial charge >= 0.3 is 0 Å². The molecule has 106 valence electrons. The van der Waals surface area contributed by atoms with Crippen molar-refractivity contribution < 1.29 is 9.84 Å². The van der Waals surface area contributed by atoms with Crippen molar-refractivity contribution in [3.8, 4) is 5.75 Å². The van der Waals surface area contributed by atoms with Crippen LogP contribution in [0.3, 0.4) is 0 Å². The summed E-state index contributed by atoms with van der Waals surface area (Å²) >= 11 is 12.1. The second kappa shape index (κ2) is 6.84. The highest BCUT2D eigenvalue weighted by atomic mass is 35.5. The van der Waals surface area contributed by atoms with Crippen LogP contribution in [0.2, 0.25) is 10.0 Å². The van der Waals surface area contributed by atoms with E-state index in [0.29, 0.717) is 22.3 Å². The Morgan fingerprint density at radius 2 is 1.70 bits per heavy atom. The molecule has 3 nitrogen and oxygen atoms in total. The lowest BCUT2D eigenvalue weighted by molar-refractivity contribution is 0.191. The fraction of sp³-hybridized carbons (Fsp3) is 0.200. The second-order valence-electron chi connectivity index (χ2n) is 4.27. The molecule has 2 N–H and O–H groups in total. The Labute approximate surface area is 128 Å². The molecule has 2 aromatic carbocycles. The summed E-state index contributed by atoms with van der Waals surface area (Å²) in [4.78, 5) is 0. The standard InChI is InChI=1S/C15H15Cl2NO2/c1-20-11-7-5-10(6-8-11)14(19)9-18-15-12(16)3-2-4-13(15)17/h2-8,14,18-19H,9H2,1H3. The van der Waals surface area contributed by atoms with Gasteiger partial charge in [0.2, 0.25) is 0 Å². The van der Waals surface area contributed by atoms with E-state index in [1.165, 1.54) is 0 Å². The predicted octanol–water partition coefficient (Wildman–Crippen LogP) is 4.15. The van der Waals surface area contributed by atoms with Gasteiger partial charge in [-0.1, -0.05) is 41.4 Å². The number of nitrogens with one attached hydrogen (secondary N) is 1. The predicted molar refractivity (Wildman–Crippen MR) is 82.9 cm³/mol. The fourth-order valence-electron chi connectivity index (χ4n) is 1.81. The van der Waals surface area contributed by atoms with Crippen molar-refractivity contribution in [1.82, 2.24) is 0 Å². The molecule has 0 fully saturated rings. The van der Waals surface area contributed by atoms with E-state index in [9.17, 15) is 5.11 Å². The zero-order valence-electron chi connectivity index (χ0n) is 10.9. The Balaban J connectivity index is 2.02. The maximum atomic E-state index is 10.1. The Kier molecular flexibility index (Phi) is 5.12. The number of ether oxygens (including phenoxy) is 1. The van der Waals surface area contributed by atoms with Gasteiger partial charge < -0.3 is 15.2 Å². The van der Waals surface area contributed by atoms with E-state index in [-0.39, 0.29) is 0 Å². The van der Waals surface area contributed by atoms with Gasteiger partial charge in [0, 0.05) is 6.54 Å². The number of benzene rings is 2. The smallest absolute Gasteiger partial charge is 0.118 e. The van der Waals surface area contributed by atoms with Gasteiger partial charge in [-0.15, -0.1) is 0 Å². The highest BCUT2D eigenvalue weighted by Crippen LogP contribution is 2.30. The van der Waals surface area contributed by atoms with Crippen LogP contribution in [0.1, 0.15) is 11.7 Å². The molecule has 2 rings (SSSR count). The summed E-state index contributed by atoms with van der Waals surface area (Å²) in [6, 6.07) is 12.5. The average molecular weight is 312 g/mol. The van der Waals surface area contributed by atoms with E-state index in [0.717, 1.165) is 11.3 Å². The topological polar surface area (TPSA) is 41.5 Å². The van der Waals surface area contributed by atoms with Crippen LogP contribution in [0.15, 0.2) is 42.5 Å². The first-order valence-electron chi connectivity index (χ1n) is 6.11. The van der Waals surface area contributed by atoms with E-state index < -0.39 is 6.10 Å². The first kappa shape index (κ1) is 15.0. The molecule has 0 bridgehead atoms. The fourth-order valence-corrected chi connectivity index (χ4v) is 2.34. The molecular weight excluding hydrogens is 297 g/mol. The lowest BCUT2D eigenvalue weighted by Gasteiger charge is -2.15. The minimum absolute atomic E-state index is 0.315. The van der Waals surface area contributed by atoms with Crippen LogP contribution < -0.4 is 10.1 Å².